The summed E-state index contributed by atoms with van der Waals surface area (Å²) in [4.78, 5) is 17.1. The van der Waals surface area contributed by atoms with Gasteiger partial charge in [-0.25, -0.2) is 0 Å². The molecule has 6 nitrogen and oxygen atoms in total. The zero-order valence-electron chi connectivity index (χ0n) is 14.9. The molecule has 6 heteroatoms. The minimum absolute atomic E-state index is 0.222. The number of carbonyl (C=O) groups is 1. The van der Waals surface area contributed by atoms with E-state index in [0.29, 0.717) is 18.3 Å². The second kappa shape index (κ2) is 7.61. The van der Waals surface area contributed by atoms with Crippen LogP contribution in [0.15, 0.2) is 36.9 Å². The maximum atomic E-state index is 12.3. The van der Waals surface area contributed by atoms with E-state index in [1.165, 1.54) is 0 Å². The highest BCUT2D eigenvalue weighted by Crippen LogP contribution is 2.26. The van der Waals surface area contributed by atoms with E-state index in [9.17, 15) is 4.79 Å². The summed E-state index contributed by atoms with van der Waals surface area (Å²) in [6.45, 7) is 12.3. The van der Waals surface area contributed by atoms with E-state index in [-0.39, 0.29) is 5.91 Å². The lowest BCUT2D eigenvalue weighted by Crippen LogP contribution is -2.49. The van der Waals surface area contributed by atoms with E-state index >= 15 is 0 Å². The Labute approximate surface area is 148 Å². The Kier molecular flexibility index (Phi) is 5.28. The molecular formula is C19H25N5O. The first-order chi connectivity index (χ1) is 12.1. The fourth-order valence-corrected chi connectivity index (χ4v) is 3.19. The van der Waals surface area contributed by atoms with Gasteiger partial charge in [0.15, 0.2) is 11.5 Å². The monoisotopic (exact) mass is 339 g/mol. The van der Waals surface area contributed by atoms with Gasteiger partial charge in [-0.15, -0.1) is 16.8 Å². The maximum absolute atomic E-state index is 12.3. The van der Waals surface area contributed by atoms with Crippen LogP contribution in [-0.2, 0) is 0 Å². The smallest absolute Gasteiger partial charge is 0.272 e. The molecule has 1 aromatic heterocycles. The van der Waals surface area contributed by atoms with Gasteiger partial charge in [-0.3, -0.25) is 9.69 Å². The quantitative estimate of drug-likeness (QED) is 0.845. The highest BCUT2D eigenvalue weighted by Gasteiger charge is 2.23. The Hall–Kier alpha value is -2.47. The SMILES string of the molecule is C=CCNC(=O)c1nnc(N2CCN(C(C)C)CC2)c2ccccc12. The number of amides is 1. The number of nitrogens with zero attached hydrogens (tertiary/aromatic N) is 4. The summed E-state index contributed by atoms with van der Waals surface area (Å²) in [5.41, 5.74) is 0.363. The molecule has 0 spiro atoms. The summed E-state index contributed by atoms with van der Waals surface area (Å²) in [5.74, 6) is 0.638. The van der Waals surface area contributed by atoms with Gasteiger partial charge in [0.1, 0.15) is 0 Å². The van der Waals surface area contributed by atoms with Crippen LogP contribution >= 0.6 is 0 Å². The second-order valence-electron chi connectivity index (χ2n) is 6.53. The van der Waals surface area contributed by atoms with Gasteiger partial charge < -0.3 is 10.2 Å². The third kappa shape index (κ3) is 3.64. The molecule has 132 valence electrons. The molecule has 0 atom stereocenters. The first-order valence-electron chi connectivity index (χ1n) is 8.75. The summed E-state index contributed by atoms with van der Waals surface area (Å²) in [6.07, 6.45) is 1.65. The number of aromatic nitrogens is 2. The molecule has 1 fully saturated rings. The molecule has 0 unspecified atom stereocenters. The van der Waals surface area contributed by atoms with Crippen molar-refractivity contribution in [3.05, 3.63) is 42.6 Å². The fraction of sp³-hybridized carbons (Fsp3) is 0.421. The van der Waals surface area contributed by atoms with Gasteiger partial charge in [0.05, 0.1) is 0 Å². The highest BCUT2D eigenvalue weighted by atomic mass is 16.1. The molecule has 0 saturated carbocycles. The van der Waals surface area contributed by atoms with Crippen LogP contribution in [0.2, 0.25) is 0 Å². The predicted octanol–water partition coefficient (Wildman–Crippen LogP) is 2.08. The van der Waals surface area contributed by atoms with Crippen LogP contribution in [0.3, 0.4) is 0 Å². The van der Waals surface area contributed by atoms with E-state index in [2.05, 4.69) is 45.7 Å². The van der Waals surface area contributed by atoms with Crippen molar-refractivity contribution in [1.29, 1.82) is 0 Å². The molecule has 25 heavy (non-hydrogen) atoms. The Morgan fingerprint density at radius 3 is 2.52 bits per heavy atom. The number of piperazine rings is 1. The maximum Gasteiger partial charge on any atom is 0.272 e. The zero-order valence-corrected chi connectivity index (χ0v) is 14.9. The molecule has 0 radical (unpaired) electrons. The van der Waals surface area contributed by atoms with Crippen LogP contribution < -0.4 is 10.2 Å². The standard InChI is InChI=1S/C19H25N5O/c1-4-9-20-19(25)17-15-7-5-6-8-16(15)18(22-21-17)24-12-10-23(11-13-24)14(2)3/h4-8,14H,1,9-13H2,2-3H3,(H,20,25). The van der Waals surface area contributed by atoms with E-state index in [1.54, 1.807) is 6.08 Å². The van der Waals surface area contributed by atoms with Crippen molar-refractivity contribution in [3.8, 4) is 0 Å². The molecule has 1 saturated heterocycles. The van der Waals surface area contributed by atoms with Crippen LogP contribution in [0.25, 0.3) is 10.8 Å². The average Bonchev–Trinajstić information content (AvgIpc) is 2.65. The number of rotatable bonds is 5. The van der Waals surface area contributed by atoms with Crippen molar-refractivity contribution in [3.63, 3.8) is 0 Å². The van der Waals surface area contributed by atoms with E-state index in [4.69, 9.17) is 0 Å². The summed E-state index contributed by atoms with van der Waals surface area (Å²) < 4.78 is 0. The van der Waals surface area contributed by atoms with Crippen molar-refractivity contribution in [2.24, 2.45) is 0 Å². The van der Waals surface area contributed by atoms with Crippen molar-refractivity contribution in [2.45, 2.75) is 19.9 Å². The molecule has 1 amide bonds. The highest BCUT2D eigenvalue weighted by molar-refractivity contribution is 6.07. The van der Waals surface area contributed by atoms with E-state index < -0.39 is 0 Å². The van der Waals surface area contributed by atoms with Crippen LogP contribution in [0, 0.1) is 0 Å². The van der Waals surface area contributed by atoms with Gasteiger partial charge >= 0.3 is 0 Å². The van der Waals surface area contributed by atoms with Crippen LogP contribution in [0.1, 0.15) is 24.3 Å². The molecule has 0 bridgehead atoms. The summed E-state index contributed by atoms with van der Waals surface area (Å²) in [5, 5.41) is 13.2. The number of carbonyl (C=O) groups excluding carboxylic acids is 1. The van der Waals surface area contributed by atoms with Crippen LogP contribution in [0.5, 0.6) is 0 Å². The summed E-state index contributed by atoms with van der Waals surface area (Å²) in [7, 11) is 0. The van der Waals surface area contributed by atoms with Crippen molar-refractivity contribution >= 4 is 22.5 Å². The Balaban J connectivity index is 1.91. The fourth-order valence-electron chi connectivity index (χ4n) is 3.19. The number of fused-ring (bicyclic) bond motifs is 1. The molecule has 1 aliphatic heterocycles. The first kappa shape index (κ1) is 17.4. The minimum atomic E-state index is -0.222. The van der Waals surface area contributed by atoms with Gasteiger partial charge in [0.25, 0.3) is 5.91 Å². The lowest BCUT2D eigenvalue weighted by Gasteiger charge is -2.37. The van der Waals surface area contributed by atoms with Crippen LogP contribution in [0.4, 0.5) is 5.82 Å². The normalized spacial score (nSPS) is 15.6. The molecule has 2 aromatic rings. The Morgan fingerprint density at radius 1 is 1.20 bits per heavy atom. The molecule has 3 rings (SSSR count). The van der Waals surface area contributed by atoms with Gasteiger partial charge in [0.2, 0.25) is 0 Å². The van der Waals surface area contributed by atoms with E-state index in [1.807, 2.05) is 24.3 Å². The molecule has 2 heterocycles. The number of hydrogen-bond acceptors (Lipinski definition) is 5. The number of anilines is 1. The molecule has 1 aromatic carbocycles. The van der Waals surface area contributed by atoms with Gasteiger partial charge in [0, 0.05) is 49.5 Å². The molecular weight excluding hydrogens is 314 g/mol. The summed E-state index contributed by atoms with van der Waals surface area (Å²) >= 11 is 0. The topological polar surface area (TPSA) is 61.4 Å². The number of hydrogen-bond donors (Lipinski definition) is 1. The predicted molar refractivity (Wildman–Crippen MR) is 101 cm³/mol. The van der Waals surface area contributed by atoms with Crippen molar-refractivity contribution in [2.75, 3.05) is 37.6 Å². The summed E-state index contributed by atoms with van der Waals surface area (Å²) in [6, 6.07) is 8.40. The average molecular weight is 339 g/mol. The van der Waals surface area contributed by atoms with E-state index in [0.717, 1.165) is 42.8 Å². The van der Waals surface area contributed by atoms with Gasteiger partial charge in [-0.05, 0) is 13.8 Å². The largest absolute Gasteiger partial charge is 0.352 e. The number of nitrogens with one attached hydrogen (secondary N) is 1. The molecule has 1 N–H and O–H groups in total. The lowest BCUT2D eigenvalue weighted by atomic mass is 10.1. The third-order valence-electron chi connectivity index (χ3n) is 4.63. The Bertz CT molecular complexity index is 765. The zero-order chi connectivity index (χ0) is 17.8. The lowest BCUT2D eigenvalue weighted by molar-refractivity contribution is 0.0954. The first-order valence-corrected chi connectivity index (χ1v) is 8.75. The third-order valence-corrected chi connectivity index (χ3v) is 4.63. The Morgan fingerprint density at radius 2 is 1.88 bits per heavy atom. The number of benzene rings is 1. The van der Waals surface area contributed by atoms with Gasteiger partial charge in [-0.1, -0.05) is 30.3 Å². The molecule has 0 aliphatic carbocycles. The van der Waals surface area contributed by atoms with Crippen molar-refractivity contribution < 1.29 is 4.79 Å². The molecule has 1 aliphatic rings. The second-order valence-corrected chi connectivity index (χ2v) is 6.53. The van der Waals surface area contributed by atoms with Gasteiger partial charge in [-0.2, -0.15) is 0 Å². The van der Waals surface area contributed by atoms with Crippen LogP contribution in [-0.4, -0.2) is 59.8 Å². The van der Waals surface area contributed by atoms with Crippen molar-refractivity contribution in [1.82, 2.24) is 20.4 Å². The minimum Gasteiger partial charge on any atom is -0.352 e.